The lowest BCUT2D eigenvalue weighted by molar-refractivity contribution is -0.385. The topological polar surface area (TPSA) is 101 Å². The van der Waals surface area contributed by atoms with E-state index in [0.29, 0.717) is 16.3 Å². The molecular formula is C18H12ClN3O4S. The number of nitrogens with zero attached hydrogens (tertiary/aromatic N) is 1. The molecule has 9 heteroatoms. The van der Waals surface area contributed by atoms with E-state index < -0.39 is 10.8 Å². The minimum absolute atomic E-state index is 0.113. The maximum absolute atomic E-state index is 12.4. The molecule has 0 saturated carbocycles. The maximum Gasteiger partial charge on any atom is 0.283 e. The standard InChI is InChI=1S/C18H12ClN3O4S/c19-11-6-7-14(15(9-11)22(25)26)17(23)20-12-3-1-4-13(10-12)21-18(24)16-5-2-8-27-16/h1-10H,(H,20,23)(H,21,24). The molecule has 0 unspecified atom stereocenters. The summed E-state index contributed by atoms with van der Waals surface area (Å²) in [5.74, 6) is -0.915. The number of thiophene rings is 1. The predicted octanol–water partition coefficient (Wildman–Crippen LogP) is 4.81. The van der Waals surface area contributed by atoms with Crippen LogP contribution in [0.2, 0.25) is 5.02 Å². The fraction of sp³-hybridized carbons (Fsp3) is 0. The van der Waals surface area contributed by atoms with E-state index in [1.165, 1.54) is 23.5 Å². The number of amides is 2. The van der Waals surface area contributed by atoms with Crippen LogP contribution in [0.25, 0.3) is 0 Å². The minimum atomic E-state index is -0.668. The van der Waals surface area contributed by atoms with Gasteiger partial charge >= 0.3 is 0 Å². The van der Waals surface area contributed by atoms with Gasteiger partial charge in [-0.3, -0.25) is 19.7 Å². The van der Waals surface area contributed by atoms with Crippen molar-refractivity contribution < 1.29 is 14.5 Å². The molecule has 1 heterocycles. The van der Waals surface area contributed by atoms with Crippen LogP contribution >= 0.6 is 22.9 Å². The van der Waals surface area contributed by atoms with E-state index in [2.05, 4.69) is 10.6 Å². The Kier molecular flexibility index (Phi) is 5.49. The molecule has 1 aromatic heterocycles. The quantitative estimate of drug-likeness (QED) is 0.473. The highest BCUT2D eigenvalue weighted by Crippen LogP contribution is 2.25. The summed E-state index contributed by atoms with van der Waals surface area (Å²) in [6, 6.07) is 13.8. The number of carbonyl (C=O) groups is 2. The van der Waals surface area contributed by atoms with Gasteiger partial charge in [-0.05, 0) is 41.8 Å². The van der Waals surface area contributed by atoms with Crippen molar-refractivity contribution in [1.29, 1.82) is 0 Å². The van der Waals surface area contributed by atoms with Gasteiger partial charge in [0.1, 0.15) is 5.56 Å². The van der Waals surface area contributed by atoms with Crippen molar-refractivity contribution in [3.8, 4) is 0 Å². The van der Waals surface area contributed by atoms with Crippen LogP contribution in [0, 0.1) is 10.1 Å². The van der Waals surface area contributed by atoms with Crippen molar-refractivity contribution >= 4 is 51.8 Å². The molecule has 0 aliphatic carbocycles. The Balaban J connectivity index is 1.77. The Morgan fingerprint density at radius 2 is 1.67 bits per heavy atom. The molecule has 0 aliphatic heterocycles. The first-order valence-electron chi connectivity index (χ1n) is 7.64. The van der Waals surface area contributed by atoms with Gasteiger partial charge in [-0.15, -0.1) is 11.3 Å². The summed E-state index contributed by atoms with van der Waals surface area (Å²) < 4.78 is 0. The molecule has 3 aromatic rings. The van der Waals surface area contributed by atoms with E-state index in [0.717, 1.165) is 6.07 Å². The van der Waals surface area contributed by atoms with Crippen molar-refractivity contribution in [3.05, 3.63) is 85.6 Å². The molecule has 0 fully saturated rings. The van der Waals surface area contributed by atoms with Gasteiger partial charge in [0.25, 0.3) is 17.5 Å². The van der Waals surface area contributed by atoms with Crippen LogP contribution in [-0.2, 0) is 0 Å². The molecule has 2 aromatic carbocycles. The number of rotatable bonds is 5. The zero-order chi connectivity index (χ0) is 19.4. The highest BCUT2D eigenvalue weighted by atomic mass is 35.5. The molecule has 0 spiro atoms. The van der Waals surface area contributed by atoms with Gasteiger partial charge in [0.15, 0.2) is 0 Å². The van der Waals surface area contributed by atoms with E-state index in [4.69, 9.17) is 11.6 Å². The zero-order valence-electron chi connectivity index (χ0n) is 13.6. The molecule has 3 rings (SSSR count). The van der Waals surface area contributed by atoms with Gasteiger partial charge in [0.2, 0.25) is 0 Å². The first kappa shape index (κ1) is 18.6. The van der Waals surface area contributed by atoms with Crippen molar-refractivity contribution in [2.75, 3.05) is 10.6 Å². The van der Waals surface area contributed by atoms with Gasteiger partial charge in [-0.25, -0.2) is 0 Å². The van der Waals surface area contributed by atoms with Crippen molar-refractivity contribution in [2.24, 2.45) is 0 Å². The van der Waals surface area contributed by atoms with Crippen LogP contribution in [0.3, 0.4) is 0 Å². The van der Waals surface area contributed by atoms with Crippen LogP contribution in [0.15, 0.2) is 60.0 Å². The Morgan fingerprint density at radius 3 is 2.30 bits per heavy atom. The SMILES string of the molecule is O=C(Nc1cccc(NC(=O)c2ccc(Cl)cc2[N+](=O)[O-])c1)c1cccs1. The van der Waals surface area contributed by atoms with E-state index in [-0.39, 0.29) is 22.2 Å². The third kappa shape index (κ3) is 4.49. The lowest BCUT2D eigenvalue weighted by Gasteiger charge is -2.09. The zero-order valence-corrected chi connectivity index (χ0v) is 15.2. The van der Waals surface area contributed by atoms with Crippen LogP contribution in [-0.4, -0.2) is 16.7 Å². The first-order chi connectivity index (χ1) is 12.9. The Hall–Kier alpha value is -3.23. The molecule has 0 atom stereocenters. The number of anilines is 2. The van der Waals surface area contributed by atoms with Crippen LogP contribution in [0.1, 0.15) is 20.0 Å². The molecule has 0 aliphatic rings. The van der Waals surface area contributed by atoms with Crippen LogP contribution in [0.5, 0.6) is 0 Å². The average Bonchev–Trinajstić information content (AvgIpc) is 3.16. The Morgan fingerprint density at radius 1 is 0.963 bits per heavy atom. The predicted molar refractivity (Wildman–Crippen MR) is 105 cm³/mol. The van der Waals surface area contributed by atoms with E-state index in [9.17, 15) is 19.7 Å². The smallest absolute Gasteiger partial charge is 0.283 e. The normalized spacial score (nSPS) is 10.3. The molecule has 2 N–H and O–H groups in total. The summed E-state index contributed by atoms with van der Waals surface area (Å²) in [5.41, 5.74) is 0.365. The number of hydrogen-bond donors (Lipinski definition) is 2. The van der Waals surface area contributed by atoms with Crippen molar-refractivity contribution in [2.45, 2.75) is 0 Å². The van der Waals surface area contributed by atoms with E-state index >= 15 is 0 Å². The maximum atomic E-state index is 12.4. The second-order valence-electron chi connectivity index (χ2n) is 5.38. The van der Waals surface area contributed by atoms with Crippen LogP contribution < -0.4 is 10.6 Å². The molecular weight excluding hydrogens is 390 g/mol. The summed E-state index contributed by atoms with van der Waals surface area (Å²) in [4.78, 5) is 35.6. The van der Waals surface area contributed by atoms with Crippen LogP contribution in [0.4, 0.5) is 17.1 Å². The summed E-state index contributed by atoms with van der Waals surface area (Å²) in [6.45, 7) is 0. The highest BCUT2D eigenvalue weighted by molar-refractivity contribution is 7.12. The Labute approximate surface area is 162 Å². The second-order valence-corrected chi connectivity index (χ2v) is 6.77. The summed E-state index contributed by atoms with van der Waals surface area (Å²) in [5, 5.41) is 18.4. The lowest BCUT2D eigenvalue weighted by Crippen LogP contribution is -2.14. The van der Waals surface area contributed by atoms with E-state index in [1.54, 1.807) is 41.8 Å². The number of nitro benzene ring substituents is 1. The molecule has 136 valence electrons. The van der Waals surface area contributed by atoms with Gasteiger partial charge in [0, 0.05) is 22.5 Å². The third-order valence-electron chi connectivity index (χ3n) is 3.52. The second kappa shape index (κ2) is 7.98. The number of hydrogen-bond acceptors (Lipinski definition) is 5. The molecule has 0 saturated heterocycles. The van der Waals surface area contributed by atoms with E-state index in [1.807, 2.05) is 0 Å². The number of benzene rings is 2. The number of carbonyl (C=O) groups excluding carboxylic acids is 2. The molecule has 2 amide bonds. The van der Waals surface area contributed by atoms with Gasteiger partial charge in [0.05, 0.1) is 9.80 Å². The molecule has 0 bridgehead atoms. The molecule has 0 radical (unpaired) electrons. The van der Waals surface area contributed by atoms with Crippen molar-refractivity contribution in [1.82, 2.24) is 0 Å². The highest BCUT2D eigenvalue weighted by Gasteiger charge is 2.20. The van der Waals surface area contributed by atoms with Gasteiger partial charge in [-0.1, -0.05) is 23.7 Å². The fourth-order valence-corrected chi connectivity index (χ4v) is 3.11. The number of nitrogens with one attached hydrogen (secondary N) is 2. The third-order valence-corrected chi connectivity index (χ3v) is 4.63. The lowest BCUT2D eigenvalue weighted by atomic mass is 10.1. The largest absolute Gasteiger partial charge is 0.322 e. The molecule has 27 heavy (non-hydrogen) atoms. The first-order valence-corrected chi connectivity index (χ1v) is 8.90. The van der Waals surface area contributed by atoms with Gasteiger partial charge in [-0.2, -0.15) is 0 Å². The summed E-state index contributed by atoms with van der Waals surface area (Å²) >= 11 is 7.07. The van der Waals surface area contributed by atoms with Gasteiger partial charge < -0.3 is 10.6 Å². The fourth-order valence-electron chi connectivity index (χ4n) is 2.32. The average molecular weight is 402 g/mol. The monoisotopic (exact) mass is 401 g/mol. The summed E-state index contributed by atoms with van der Waals surface area (Å²) in [7, 11) is 0. The molecule has 7 nitrogen and oxygen atoms in total. The van der Waals surface area contributed by atoms with Crippen molar-refractivity contribution in [3.63, 3.8) is 0 Å². The number of halogens is 1. The minimum Gasteiger partial charge on any atom is -0.322 e. The summed E-state index contributed by atoms with van der Waals surface area (Å²) in [6.07, 6.45) is 0. The Bertz CT molecular complexity index is 1020. The number of nitro groups is 1.